The summed E-state index contributed by atoms with van der Waals surface area (Å²) in [5, 5.41) is 3.92. The van der Waals surface area contributed by atoms with Gasteiger partial charge in [-0.3, -0.25) is 9.48 Å². The van der Waals surface area contributed by atoms with Gasteiger partial charge in [-0.05, 0) is 17.5 Å². The zero-order valence-electron chi connectivity index (χ0n) is 12.4. The summed E-state index contributed by atoms with van der Waals surface area (Å²) in [6.07, 6.45) is 1.72. The summed E-state index contributed by atoms with van der Waals surface area (Å²) in [5.41, 5.74) is 0.996. The molecule has 0 bridgehead atoms. The van der Waals surface area contributed by atoms with Crippen LogP contribution in [0.3, 0.4) is 0 Å². The molecule has 1 aromatic heterocycles. The number of ether oxygens (including phenoxy) is 2. The van der Waals surface area contributed by atoms with Crippen LogP contribution in [0, 0.1) is 0 Å². The summed E-state index contributed by atoms with van der Waals surface area (Å²) in [6.45, 7) is 2.11. The van der Waals surface area contributed by atoms with Gasteiger partial charge in [-0.15, -0.1) is 0 Å². The molecule has 0 spiro atoms. The fraction of sp³-hybridized carbons (Fsp3) is 0.400. The van der Waals surface area contributed by atoms with E-state index in [9.17, 15) is 4.79 Å². The number of rotatable bonds is 6. The molecule has 21 heavy (non-hydrogen) atoms. The monoisotopic (exact) mass is 289 g/mol. The third kappa shape index (κ3) is 3.81. The summed E-state index contributed by atoms with van der Waals surface area (Å²) in [4.78, 5) is 15.9. The van der Waals surface area contributed by atoms with E-state index < -0.39 is 0 Å². The van der Waals surface area contributed by atoms with Crippen LogP contribution >= 0.6 is 0 Å². The molecule has 0 aliphatic rings. The zero-order chi connectivity index (χ0) is 15.2. The lowest BCUT2D eigenvalue weighted by Gasteiger charge is -2.14. The lowest BCUT2D eigenvalue weighted by atomic mass is 9.97. The number of hydrogen-bond acceptors (Lipinski definition) is 5. The minimum atomic E-state index is -0.267. The fourth-order valence-electron chi connectivity index (χ4n) is 2.09. The highest BCUT2D eigenvalue weighted by molar-refractivity contribution is 5.70. The number of nitrogens with zero attached hydrogens (tertiary/aromatic N) is 3. The summed E-state index contributed by atoms with van der Waals surface area (Å²) in [5.74, 6) is 1.16. The second-order valence-corrected chi connectivity index (χ2v) is 4.81. The van der Waals surface area contributed by atoms with Crippen molar-refractivity contribution in [3.05, 3.63) is 42.0 Å². The number of para-hydroxylation sites is 1. The van der Waals surface area contributed by atoms with Crippen LogP contribution in [0.4, 0.5) is 0 Å². The third-order valence-corrected chi connectivity index (χ3v) is 3.31. The summed E-state index contributed by atoms with van der Waals surface area (Å²) >= 11 is 0. The van der Waals surface area contributed by atoms with E-state index in [0.717, 1.165) is 11.3 Å². The Kier molecular flexibility index (Phi) is 4.92. The number of aryl methyl sites for hydroxylation is 1. The van der Waals surface area contributed by atoms with Crippen LogP contribution in [0.15, 0.2) is 30.6 Å². The van der Waals surface area contributed by atoms with E-state index in [-0.39, 0.29) is 24.9 Å². The molecule has 6 nitrogen and oxygen atoms in total. The number of aromatic nitrogens is 3. The minimum absolute atomic E-state index is 0.0214. The molecule has 112 valence electrons. The molecule has 1 atom stereocenters. The van der Waals surface area contributed by atoms with Gasteiger partial charge in [-0.2, -0.15) is 5.10 Å². The summed E-state index contributed by atoms with van der Waals surface area (Å²) in [7, 11) is 3.38. The van der Waals surface area contributed by atoms with Gasteiger partial charge < -0.3 is 9.47 Å². The number of carbonyl (C=O) groups excluding carboxylic acids is 1. The largest absolute Gasteiger partial charge is 0.496 e. The van der Waals surface area contributed by atoms with E-state index in [0.29, 0.717) is 5.82 Å². The number of esters is 1. The van der Waals surface area contributed by atoms with Gasteiger partial charge in [-0.1, -0.05) is 25.1 Å². The van der Waals surface area contributed by atoms with Gasteiger partial charge >= 0.3 is 5.97 Å². The van der Waals surface area contributed by atoms with Crippen LogP contribution in [-0.4, -0.2) is 27.8 Å². The van der Waals surface area contributed by atoms with Crippen molar-refractivity contribution in [3.63, 3.8) is 0 Å². The van der Waals surface area contributed by atoms with E-state index in [2.05, 4.69) is 10.1 Å². The van der Waals surface area contributed by atoms with Gasteiger partial charge in [0.05, 0.1) is 13.5 Å². The molecule has 0 aliphatic carbocycles. The van der Waals surface area contributed by atoms with E-state index in [1.54, 1.807) is 18.8 Å². The van der Waals surface area contributed by atoms with Crippen LogP contribution in [0.25, 0.3) is 0 Å². The molecule has 6 heteroatoms. The van der Waals surface area contributed by atoms with E-state index in [1.807, 2.05) is 31.2 Å². The molecule has 0 saturated carbocycles. The van der Waals surface area contributed by atoms with Crippen molar-refractivity contribution in [2.45, 2.75) is 25.9 Å². The van der Waals surface area contributed by atoms with Crippen LogP contribution in [0.2, 0.25) is 0 Å². The SMILES string of the molecule is COc1ccccc1C(C)CC(=O)OCc1ncnn1C. The molecule has 0 saturated heterocycles. The Bertz CT molecular complexity index is 610. The quantitative estimate of drug-likeness (QED) is 0.761. The Balaban J connectivity index is 1.91. The van der Waals surface area contributed by atoms with Crippen molar-refractivity contribution in [1.29, 1.82) is 0 Å². The second kappa shape index (κ2) is 6.88. The highest BCUT2D eigenvalue weighted by Crippen LogP contribution is 2.28. The van der Waals surface area contributed by atoms with E-state index in [1.165, 1.54) is 6.33 Å². The van der Waals surface area contributed by atoms with Gasteiger partial charge in [0.15, 0.2) is 12.4 Å². The van der Waals surface area contributed by atoms with Crippen LogP contribution < -0.4 is 4.74 Å². The zero-order valence-corrected chi connectivity index (χ0v) is 12.4. The Morgan fingerprint density at radius 2 is 2.14 bits per heavy atom. The predicted octanol–water partition coefficient (Wildman–Crippen LogP) is 2.06. The number of hydrogen-bond donors (Lipinski definition) is 0. The fourth-order valence-corrected chi connectivity index (χ4v) is 2.09. The van der Waals surface area contributed by atoms with Gasteiger partial charge in [0.2, 0.25) is 0 Å². The van der Waals surface area contributed by atoms with Crippen molar-refractivity contribution in [3.8, 4) is 5.75 Å². The summed E-state index contributed by atoms with van der Waals surface area (Å²) < 4.78 is 12.1. The normalized spacial score (nSPS) is 12.0. The smallest absolute Gasteiger partial charge is 0.306 e. The van der Waals surface area contributed by atoms with Gasteiger partial charge in [-0.25, -0.2) is 4.98 Å². The Labute approximate surface area is 123 Å². The van der Waals surface area contributed by atoms with Crippen LogP contribution in [0.1, 0.15) is 30.7 Å². The molecule has 2 rings (SSSR count). The van der Waals surface area contributed by atoms with E-state index in [4.69, 9.17) is 9.47 Å². The minimum Gasteiger partial charge on any atom is -0.496 e. The first-order chi connectivity index (χ1) is 10.1. The molecule has 0 radical (unpaired) electrons. The molecule has 2 aromatic rings. The molecule has 1 aromatic carbocycles. The Hall–Kier alpha value is -2.37. The lowest BCUT2D eigenvalue weighted by molar-refractivity contribution is -0.145. The topological polar surface area (TPSA) is 66.2 Å². The highest BCUT2D eigenvalue weighted by Gasteiger charge is 2.16. The molecule has 0 amide bonds. The van der Waals surface area contributed by atoms with Crippen molar-refractivity contribution < 1.29 is 14.3 Å². The third-order valence-electron chi connectivity index (χ3n) is 3.31. The van der Waals surface area contributed by atoms with E-state index >= 15 is 0 Å². The first kappa shape index (κ1) is 15.0. The highest BCUT2D eigenvalue weighted by atomic mass is 16.5. The standard InChI is InChI=1S/C15H19N3O3/c1-11(12-6-4-5-7-13(12)20-3)8-15(19)21-9-14-16-10-17-18(14)2/h4-7,10-11H,8-9H2,1-3H3. The molecule has 0 N–H and O–H groups in total. The maximum Gasteiger partial charge on any atom is 0.306 e. The molecule has 0 aliphatic heterocycles. The molecular weight excluding hydrogens is 270 g/mol. The molecular formula is C15H19N3O3. The predicted molar refractivity (Wildman–Crippen MR) is 76.8 cm³/mol. The number of benzene rings is 1. The van der Waals surface area contributed by atoms with Gasteiger partial charge in [0.1, 0.15) is 12.1 Å². The molecule has 0 fully saturated rings. The van der Waals surface area contributed by atoms with Crippen molar-refractivity contribution in [2.75, 3.05) is 7.11 Å². The lowest BCUT2D eigenvalue weighted by Crippen LogP contribution is -2.11. The average molecular weight is 289 g/mol. The number of methoxy groups -OCH3 is 1. The van der Waals surface area contributed by atoms with Crippen molar-refractivity contribution in [2.24, 2.45) is 7.05 Å². The average Bonchev–Trinajstić information content (AvgIpc) is 2.90. The maximum atomic E-state index is 11.9. The summed E-state index contributed by atoms with van der Waals surface area (Å²) in [6, 6.07) is 7.68. The molecule has 1 heterocycles. The first-order valence-electron chi connectivity index (χ1n) is 6.73. The molecule has 1 unspecified atom stereocenters. The second-order valence-electron chi connectivity index (χ2n) is 4.81. The Morgan fingerprint density at radius 1 is 1.38 bits per heavy atom. The number of carbonyl (C=O) groups is 1. The first-order valence-corrected chi connectivity index (χ1v) is 6.73. The van der Waals surface area contributed by atoms with Crippen LogP contribution in [-0.2, 0) is 23.2 Å². The van der Waals surface area contributed by atoms with Gasteiger partial charge in [0.25, 0.3) is 0 Å². The van der Waals surface area contributed by atoms with Gasteiger partial charge in [0, 0.05) is 7.05 Å². The van der Waals surface area contributed by atoms with Crippen molar-refractivity contribution >= 4 is 5.97 Å². The van der Waals surface area contributed by atoms with Crippen molar-refractivity contribution in [1.82, 2.24) is 14.8 Å². The maximum absolute atomic E-state index is 11.9. The Morgan fingerprint density at radius 3 is 2.81 bits per heavy atom. The van der Waals surface area contributed by atoms with Crippen LogP contribution in [0.5, 0.6) is 5.75 Å².